The van der Waals surface area contributed by atoms with E-state index in [0.717, 1.165) is 4.90 Å². The maximum absolute atomic E-state index is 15.0. The Balaban J connectivity index is 1.82. The van der Waals surface area contributed by atoms with Gasteiger partial charge in [0.2, 0.25) is 12.8 Å². The molecule has 0 aliphatic rings. The van der Waals surface area contributed by atoms with Gasteiger partial charge in [0.15, 0.2) is 11.6 Å². The normalized spacial score (nSPS) is 10.3. The number of alkyl halides is 1. The summed E-state index contributed by atoms with van der Waals surface area (Å²) >= 11 is 10.3. The number of amides is 1. The molecule has 0 aliphatic carbocycles. The summed E-state index contributed by atoms with van der Waals surface area (Å²) in [6.07, 6.45) is -0.267. The van der Waals surface area contributed by atoms with Crippen molar-refractivity contribution in [1.29, 1.82) is 5.26 Å². The van der Waals surface area contributed by atoms with Gasteiger partial charge in [-0.25, -0.2) is 8.78 Å². The third kappa shape index (κ3) is 5.87. The second-order valence-corrected chi connectivity index (χ2v) is 7.21. The lowest BCUT2D eigenvalue weighted by molar-refractivity contribution is -0.115. The number of hydrogen-bond donors (Lipinski definition) is 2. The Kier molecular flexibility index (Phi) is 7.34. The Hall–Kier alpha value is -3.28. The van der Waals surface area contributed by atoms with Crippen LogP contribution in [0.2, 0.25) is 5.02 Å². The molecule has 158 valence electrons. The second kappa shape index (κ2) is 10.2. The van der Waals surface area contributed by atoms with E-state index in [9.17, 15) is 9.18 Å². The van der Waals surface area contributed by atoms with Crippen molar-refractivity contribution in [2.75, 3.05) is 12.2 Å². The summed E-state index contributed by atoms with van der Waals surface area (Å²) in [7, 11) is 0. The number of benzene rings is 3. The fraction of sp³-hybridized carbons (Fsp3) is 0.0909. The van der Waals surface area contributed by atoms with Crippen LogP contribution in [0.15, 0.2) is 59.5 Å². The summed E-state index contributed by atoms with van der Waals surface area (Å²) in [5, 5.41) is 11.7. The van der Waals surface area contributed by atoms with E-state index in [1.54, 1.807) is 24.3 Å². The van der Waals surface area contributed by atoms with Crippen LogP contribution < -0.4 is 14.8 Å². The molecule has 3 rings (SSSR count). The van der Waals surface area contributed by atoms with Gasteiger partial charge >= 0.3 is 0 Å². The Morgan fingerprint density at radius 1 is 1.13 bits per heavy atom. The van der Waals surface area contributed by atoms with E-state index in [0.29, 0.717) is 5.69 Å². The number of hydrogen-bond acceptors (Lipinski definition) is 5. The first-order valence-corrected chi connectivity index (χ1v) is 9.69. The molecule has 9 heteroatoms. The zero-order valence-corrected chi connectivity index (χ0v) is 17.5. The third-order valence-corrected chi connectivity index (χ3v) is 4.68. The number of ether oxygens (including phenoxy) is 2. The lowest BCUT2D eigenvalue weighted by Gasteiger charge is -2.13. The van der Waals surface area contributed by atoms with Crippen LogP contribution in [0.25, 0.3) is 0 Å². The minimum atomic E-state index is -1.11. The molecule has 0 bridgehead atoms. The largest absolute Gasteiger partial charge is 0.463 e. The van der Waals surface area contributed by atoms with Crippen molar-refractivity contribution >= 4 is 35.8 Å². The van der Waals surface area contributed by atoms with Gasteiger partial charge in [0.1, 0.15) is 11.5 Å². The van der Waals surface area contributed by atoms with Crippen LogP contribution in [0.3, 0.4) is 0 Å². The first kappa shape index (κ1) is 22.4. The molecule has 1 amide bonds. The van der Waals surface area contributed by atoms with Crippen LogP contribution in [-0.2, 0) is 11.2 Å². The Bertz CT molecular complexity index is 1150. The summed E-state index contributed by atoms with van der Waals surface area (Å²) in [4.78, 5) is 13.1. The Labute approximate surface area is 187 Å². The molecule has 0 aromatic heterocycles. The van der Waals surface area contributed by atoms with Crippen LogP contribution in [0.5, 0.6) is 17.2 Å². The van der Waals surface area contributed by atoms with E-state index in [4.69, 9.17) is 26.3 Å². The zero-order chi connectivity index (χ0) is 22.4. The quantitative estimate of drug-likeness (QED) is 0.429. The van der Waals surface area contributed by atoms with Gasteiger partial charge in [-0.1, -0.05) is 17.7 Å². The highest BCUT2D eigenvalue weighted by Gasteiger charge is 2.18. The topological polar surface area (TPSA) is 71.3 Å². The van der Waals surface area contributed by atoms with Crippen molar-refractivity contribution in [3.63, 3.8) is 0 Å². The summed E-state index contributed by atoms with van der Waals surface area (Å²) < 4.78 is 37.8. The standard InChI is InChI=1S/C22H15ClF2N2O3S/c23-19-6-1-14(9-20(28)27-15-2-4-18(31)5-3-15)21(25)22(19)30-17-8-13(11-26)7-16(10-17)29-12-24/h1-8,10,31H,9,12H2,(H,27,28). The molecule has 0 aliphatic heterocycles. The number of anilines is 1. The first-order valence-electron chi connectivity index (χ1n) is 8.87. The molecule has 0 saturated carbocycles. The van der Waals surface area contributed by atoms with Gasteiger partial charge in [-0.2, -0.15) is 5.26 Å². The second-order valence-electron chi connectivity index (χ2n) is 6.28. The van der Waals surface area contributed by atoms with Gasteiger partial charge < -0.3 is 14.8 Å². The molecule has 1 N–H and O–H groups in total. The SMILES string of the molecule is N#Cc1cc(OCF)cc(Oc2c(Cl)ccc(CC(=O)Nc3ccc(S)cc3)c2F)c1. The van der Waals surface area contributed by atoms with E-state index in [1.165, 1.54) is 30.3 Å². The Morgan fingerprint density at radius 3 is 2.52 bits per heavy atom. The van der Waals surface area contributed by atoms with Crippen molar-refractivity contribution in [2.45, 2.75) is 11.3 Å². The predicted octanol–water partition coefficient (Wildman–Crippen LogP) is 5.92. The highest BCUT2D eigenvalue weighted by Crippen LogP contribution is 2.36. The van der Waals surface area contributed by atoms with Crippen LogP contribution in [0.1, 0.15) is 11.1 Å². The van der Waals surface area contributed by atoms with Gasteiger partial charge in [0, 0.05) is 22.2 Å². The number of nitrogens with one attached hydrogen (secondary N) is 1. The smallest absolute Gasteiger partial charge is 0.228 e. The fourth-order valence-electron chi connectivity index (χ4n) is 2.69. The Morgan fingerprint density at radius 2 is 1.84 bits per heavy atom. The maximum atomic E-state index is 15.0. The minimum Gasteiger partial charge on any atom is -0.463 e. The van der Waals surface area contributed by atoms with Crippen molar-refractivity contribution in [3.05, 3.63) is 76.6 Å². The van der Waals surface area contributed by atoms with Gasteiger partial charge in [0.25, 0.3) is 0 Å². The highest BCUT2D eigenvalue weighted by molar-refractivity contribution is 7.80. The molecular formula is C22H15ClF2N2O3S. The maximum Gasteiger partial charge on any atom is 0.228 e. The molecule has 0 heterocycles. The van der Waals surface area contributed by atoms with E-state index >= 15 is 4.39 Å². The highest BCUT2D eigenvalue weighted by atomic mass is 35.5. The number of halogens is 3. The van der Waals surface area contributed by atoms with Crippen molar-refractivity contribution in [3.8, 4) is 23.3 Å². The molecule has 0 atom stereocenters. The number of nitriles is 1. The lowest BCUT2D eigenvalue weighted by atomic mass is 10.1. The first-order chi connectivity index (χ1) is 14.9. The molecule has 0 fully saturated rings. The van der Waals surface area contributed by atoms with Crippen molar-refractivity contribution in [2.24, 2.45) is 0 Å². The van der Waals surface area contributed by atoms with Gasteiger partial charge in [0.05, 0.1) is 23.1 Å². The van der Waals surface area contributed by atoms with Crippen LogP contribution in [0, 0.1) is 17.1 Å². The van der Waals surface area contributed by atoms with Crippen LogP contribution >= 0.6 is 24.2 Å². The van der Waals surface area contributed by atoms with Gasteiger partial charge in [-0.3, -0.25) is 4.79 Å². The average molecular weight is 461 g/mol. The van der Waals surface area contributed by atoms with Crippen molar-refractivity contribution in [1.82, 2.24) is 0 Å². The molecule has 3 aromatic carbocycles. The van der Waals surface area contributed by atoms with Crippen molar-refractivity contribution < 1.29 is 23.0 Å². The molecule has 0 saturated heterocycles. The average Bonchev–Trinajstić information content (AvgIpc) is 2.75. The molecule has 0 unspecified atom stereocenters. The van der Waals surface area contributed by atoms with Crippen LogP contribution in [-0.4, -0.2) is 12.8 Å². The van der Waals surface area contributed by atoms with E-state index in [1.807, 2.05) is 6.07 Å². The summed E-state index contributed by atoms with van der Waals surface area (Å²) in [6.45, 7) is -1.11. The monoisotopic (exact) mass is 460 g/mol. The molecular weight excluding hydrogens is 446 g/mol. The molecule has 3 aromatic rings. The van der Waals surface area contributed by atoms with E-state index in [-0.39, 0.29) is 39.8 Å². The zero-order valence-electron chi connectivity index (χ0n) is 15.9. The fourth-order valence-corrected chi connectivity index (χ4v) is 3.02. The number of carbonyl (C=O) groups is 1. The number of rotatable bonds is 7. The van der Waals surface area contributed by atoms with Gasteiger partial charge in [-0.15, -0.1) is 12.6 Å². The van der Waals surface area contributed by atoms with E-state index < -0.39 is 18.6 Å². The number of carbonyl (C=O) groups excluding carboxylic acids is 1. The molecule has 0 spiro atoms. The predicted molar refractivity (Wildman–Crippen MR) is 115 cm³/mol. The third-order valence-electron chi connectivity index (χ3n) is 4.08. The minimum absolute atomic E-state index is 0.0248. The molecule has 0 radical (unpaired) electrons. The van der Waals surface area contributed by atoms with Gasteiger partial charge in [-0.05, 0) is 42.5 Å². The lowest BCUT2D eigenvalue weighted by Crippen LogP contribution is -2.15. The van der Waals surface area contributed by atoms with E-state index in [2.05, 4.69) is 17.9 Å². The van der Waals surface area contributed by atoms with Crippen LogP contribution in [0.4, 0.5) is 14.5 Å². The summed E-state index contributed by atoms with van der Waals surface area (Å²) in [5.74, 6) is -1.53. The molecule has 5 nitrogen and oxygen atoms in total. The molecule has 31 heavy (non-hydrogen) atoms. The summed E-state index contributed by atoms with van der Waals surface area (Å²) in [5.41, 5.74) is 0.724. The number of nitrogens with zero attached hydrogens (tertiary/aromatic N) is 1. The number of thiol groups is 1. The summed E-state index contributed by atoms with van der Waals surface area (Å²) in [6, 6.07) is 15.3.